The van der Waals surface area contributed by atoms with Gasteiger partial charge in [-0.3, -0.25) is 0 Å². The van der Waals surface area contributed by atoms with Gasteiger partial charge in [0.1, 0.15) is 11.5 Å². The third kappa shape index (κ3) is 2.28. The average Bonchev–Trinajstić information content (AvgIpc) is 2.30. The van der Waals surface area contributed by atoms with Crippen LogP contribution in [-0.2, 0) is 0 Å². The van der Waals surface area contributed by atoms with Crippen molar-refractivity contribution in [2.75, 3.05) is 18.0 Å². The third-order valence-corrected chi connectivity index (χ3v) is 2.26. The minimum atomic E-state index is -1.08. The lowest BCUT2D eigenvalue weighted by Crippen LogP contribution is -2.23. The second kappa shape index (κ2) is 5.12. The SMILES string of the molecule is [C-]#[N+]c1ccc(C(=O)O)nc1N(CC)CC. The Morgan fingerprint density at radius 3 is 2.56 bits per heavy atom. The van der Waals surface area contributed by atoms with Crippen LogP contribution in [-0.4, -0.2) is 29.1 Å². The number of pyridine rings is 1. The van der Waals surface area contributed by atoms with Crippen LogP contribution in [0.15, 0.2) is 12.1 Å². The van der Waals surface area contributed by atoms with E-state index in [1.165, 1.54) is 12.1 Å². The minimum Gasteiger partial charge on any atom is -0.477 e. The van der Waals surface area contributed by atoms with Crippen LogP contribution < -0.4 is 4.90 Å². The molecule has 5 heteroatoms. The van der Waals surface area contributed by atoms with Gasteiger partial charge in [0, 0.05) is 13.1 Å². The van der Waals surface area contributed by atoms with E-state index in [9.17, 15) is 4.79 Å². The van der Waals surface area contributed by atoms with Gasteiger partial charge in [0.2, 0.25) is 5.69 Å². The maximum Gasteiger partial charge on any atom is 0.354 e. The van der Waals surface area contributed by atoms with E-state index in [1.54, 1.807) is 0 Å². The molecule has 0 fully saturated rings. The van der Waals surface area contributed by atoms with E-state index in [2.05, 4.69) is 9.83 Å². The highest BCUT2D eigenvalue weighted by atomic mass is 16.4. The van der Waals surface area contributed by atoms with E-state index >= 15 is 0 Å². The van der Waals surface area contributed by atoms with Crippen LogP contribution in [0.5, 0.6) is 0 Å². The second-order valence-electron chi connectivity index (χ2n) is 3.13. The number of anilines is 1. The summed E-state index contributed by atoms with van der Waals surface area (Å²) in [6.07, 6.45) is 0. The largest absolute Gasteiger partial charge is 0.477 e. The molecule has 0 atom stereocenters. The number of aromatic carboxylic acids is 1. The van der Waals surface area contributed by atoms with E-state index in [-0.39, 0.29) is 5.69 Å². The zero-order valence-corrected chi connectivity index (χ0v) is 9.27. The summed E-state index contributed by atoms with van der Waals surface area (Å²) >= 11 is 0. The molecular weight excluding hydrogens is 206 g/mol. The van der Waals surface area contributed by atoms with Gasteiger partial charge in [-0.25, -0.2) is 14.6 Å². The van der Waals surface area contributed by atoms with Crippen LogP contribution in [0.4, 0.5) is 11.5 Å². The maximum absolute atomic E-state index is 10.8. The monoisotopic (exact) mass is 219 g/mol. The molecule has 1 aromatic heterocycles. The molecule has 0 saturated heterocycles. The number of carboxylic acids is 1. The van der Waals surface area contributed by atoms with E-state index in [0.717, 1.165) is 0 Å². The molecule has 0 aromatic carbocycles. The Hall–Kier alpha value is -2.09. The van der Waals surface area contributed by atoms with Crippen molar-refractivity contribution >= 4 is 17.5 Å². The Labute approximate surface area is 94.2 Å². The van der Waals surface area contributed by atoms with Crippen LogP contribution in [0.1, 0.15) is 24.3 Å². The predicted molar refractivity (Wildman–Crippen MR) is 61.0 cm³/mol. The molecule has 5 nitrogen and oxygen atoms in total. The average molecular weight is 219 g/mol. The first-order valence-corrected chi connectivity index (χ1v) is 5.00. The van der Waals surface area contributed by atoms with Gasteiger partial charge in [0.15, 0.2) is 0 Å². The highest BCUT2D eigenvalue weighted by Gasteiger charge is 2.13. The molecule has 0 spiro atoms. The van der Waals surface area contributed by atoms with Crippen LogP contribution >= 0.6 is 0 Å². The molecule has 0 amide bonds. The van der Waals surface area contributed by atoms with Gasteiger partial charge >= 0.3 is 5.97 Å². The van der Waals surface area contributed by atoms with Crippen molar-refractivity contribution < 1.29 is 9.90 Å². The Bertz CT molecular complexity index is 433. The van der Waals surface area contributed by atoms with E-state index in [4.69, 9.17) is 11.7 Å². The van der Waals surface area contributed by atoms with E-state index in [1.807, 2.05) is 18.7 Å². The number of hydrogen-bond acceptors (Lipinski definition) is 3. The molecular formula is C11H13N3O2. The standard InChI is InChI=1S/C11H13N3O2/c1-4-14(5-2)10-8(12-3)6-7-9(13-10)11(15)16/h6-7H,4-5H2,1-2H3,(H,15,16). The molecule has 84 valence electrons. The molecule has 1 heterocycles. The summed E-state index contributed by atoms with van der Waals surface area (Å²) in [7, 11) is 0. The number of nitrogens with zero attached hydrogens (tertiary/aromatic N) is 3. The third-order valence-electron chi connectivity index (χ3n) is 2.26. The molecule has 0 radical (unpaired) electrons. The summed E-state index contributed by atoms with van der Waals surface area (Å²) < 4.78 is 0. The number of carboxylic acid groups (broad SMARTS) is 1. The van der Waals surface area contributed by atoms with Gasteiger partial charge in [0.05, 0.1) is 6.57 Å². The first-order valence-electron chi connectivity index (χ1n) is 5.00. The lowest BCUT2D eigenvalue weighted by Gasteiger charge is -2.21. The number of rotatable bonds is 4. The van der Waals surface area contributed by atoms with Crippen molar-refractivity contribution in [3.63, 3.8) is 0 Å². The molecule has 0 saturated carbocycles. The highest BCUT2D eigenvalue weighted by molar-refractivity contribution is 5.87. The van der Waals surface area contributed by atoms with Crippen molar-refractivity contribution in [1.29, 1.82) is 0 Å². The summed E-state index contributed by atoms with van der Waals surface area (Å²) in [5.74, 6) is -0.634. The quantitative estimate of drug-likeness (QED) is 0.788. The van der Waals surface area contributed by atoms with Gasteiger partial charge in [-0.2, -0.15) is 0 Å². The Morgan fingerprint density at radius 2 is 2.12 bits per heavy atom. The lowest BCUT2D eigenvalue weighted by molar-refractivity contribution is 0.0690. The molecule has 0 aliphatic heterocycles. The summed E-state index contributed by atoms with van der Waals surface area (Å²) in [5, 5.41) is 8.84. The Morgan fingerprint density at radius 1 is 1.50 bits per heavy atom. The normalized spacial score (nSPS) is 9.56. The molecule has 0 bridgehead atoms. The number of hydrogen-bond donors (Lipinski definition) is 1. The van der Waals surface area contributed by atoms with Gasteiger partial charge in [-0.05, 0) is 19.9 Å². The minimum absolute atomic E-state index is 0.0331. The van der Waals surface area contributed by atoms with Gasteiger partial charge in [0.25, 0.3) is 0 Å². The summed E-state index contributed by atoms with van der Waals surface area (Å²) in [6.45, 7) is 12.3. The van der Waals surface area contributed by atoms with Crippen LogP contribution in [0, 0.1) is 6.57 Å². The topological polar surface area (TPSA) is 57.8 Å². The van der Waals surface area contributed by atoms with Crippen molar-refractivity contribution in [3.05, 3.63) is 29.2 Å². The smallest absolute Gasteiger partial charge is 0.354 e. The molecule has 1 aromatic rings. The van der Waals surface area contributed by atoms with Gasteiger partial charge in [-0.1, -0.05) is 6.07 Å². The van der Waals surface area contributed by atoms with Crippen LogP contribution in [0.3, 0.4) is 0 Å². The number of aromatic nitrogens is 1. The second-order valence-corrected chi connectivity index (χ2v) is 3.13. The van der Waals surface area contributed by atoms with E-state index in [0.29, 0.717) is 24.6 Å². The molecule has 16 heavy (non-hydrogen) atoms. The molecule has 0 aliphatic carbocycles. The lowest BCUT2D eigenvalue weighted by atomic mass is 10.3. The predicted octanol–water partition coefficient (Wildman–Crippen LogP) is 2.18. The molecule has 1 rings (SSSR count). The first-order chi connectivity index (χ1) is 7.63. The first kappa shape index (κ1) is 12.0. The van der Waals surface area contributed by atoms with Crippen LogP contribution in [0.2, 0.25) is 0 Å². The van der Waals surface area contributed by atoms with Crippen LogP contribution in [0.25, 0.3) is 4.85 Å². The Kier molecular flexibility index (Phi) is 3.84. The Balaban J connectivity index is 3.27. The fourth-order valence-corrected chi connectivity index (χ4v) is 1.40. The van der Waals surface area contributed by atoms with Gasteiger partial charge in [-0.15, -0.1) is 0 Å². The summed E-state index contributed by atoms with van der Waals surface area (Å²) in [5.41, 5.74) is 0.350. The molecule has 1 N–H and O–H groups in total. The fraction of sp³-hybridized carbons (Fsp3) is 0.364. The fourth-order valence-electron chi connectivity index (χ4n) is 1.40. The highest BCUT2D eigenvalue weighted by Crippen LogP contribution is 2.26. The van der Waals surface area contributed by atoms with Crippen molar-refractivity contribution in [2.45, 2.75) is 13.8 Å². The summed E-state index contributed by atoms with van der Waals surface area (Å²) in [4.78, 5) is 20.0. The summed E-state index contributed by atoms with van der Waals surface area (Å²) in [6, 6.07) is 2.85. The zero-order valence-electron chi connectivity index (χ0n) is 9.27. The van der Waals surface area contributed by atoms with Crippen molar-refractivity contribution in [3.8, 4) is 0 Å². The number of carbonyl (C=O) groups is 1. The molecule has 0 unspecified atom stereocenters. The van der Waals surface area contributed by atoms with Crippen molar-refractivity contribution in [1.82, 2.24) is 4.98 Å². The maximum atomic E-state index is 10.8. The zero-order chi connectivity index (χ0) is 12.1. The van der Waals surface area contributed by atoms with Crippen molar-refractivity contribution in [2.24, 2.45) is 0 Å². The van der Waals surface area contributed by atoms with Gasteiger partial charge < -0.3 is 10.0 Å². The molecule has 0 aliphatic rings. The van der Waals surface area contributed by atoms with E-state index < -0.39 is 5.97 Å².